The first-order valence-corrected chi connectivity index (χ1v) is 10.5. The quantitative estimate of drug-likeness (QED) is 0.770. The summed E-state index contributed by atoms with van der Waals surface area (Å²) in [5.41, 5.74) is 6.57. The Morgan fingerprint density at radius 1 is 1.23 bits per heavy atom. The molecule has 0 spiro atoms. The maximum absolute atomic E-state index is 13.1. The van der Waals surface area contributed by atoms with Gasteiger partial charge in [0, 0.05) is 37.4 Å². The van der Waals surface area contributed by atoms with E-state index in [1.807, 2.05) is 13.8 Å². The zero-order chi connectivity index (χ0) is 20.7. The van der Waals surface area contributed by atoms with Gasteiger partial charge in [-0.2, -0.15) is 0 Å². The molecule has 164 valence electrons. The van der Waals surface area contributed by atoms with Gasteiger partial charge in [-0.15, -0.1) is 12.4 Å². The van der Waals surface area contributed by atoms with Gasteiger partial charge in [-0.3, -0.25) is 13.9 Å². The van der Waals surface area contributed by atoms with Crippen molar-refractivity contribution in [3.63, 3.8) is 0 Å². The number of carbonyl (C=O) groups is 1. The molecule has 2 aromatic rings. The summed E-state index contributed by atoms with van der Waals surface area (Å²) in [5.74, 6) is 0.407. The van der Waals surface area contributed by atoms with Gasteiger partial charge in [0.2, 0.25) is 0 Å². The molecule has 2 heterocycles. The SMILES string of the molecule is CC(C)n1c(=O)n(CC2CC2)c(=O)c2cc(NC(=O)N3CCCC(N)C3)ccc21.Cl. The Morgan fingerprint density at radius 3 is 2.60 bits per heavy atom. The standard InChI is InChI=1S/C21H29N5O3.ClH/c1-13(2)26-18-8-7-16(23-20(28)24-9-3-4-15(22)12-24)10-17(18)19(27)25(21(26)29)11-14-5-6-14;/h7-8,10,13-15H,3-6,9,11-12,22H2,1-2H3,(H,23,28);1H. The highest BCUT2D eigenvalue weighted by molar-refractivity contribution is 5.92. The molecule has 0 bridgehead atoms. The number of piperidine rings is 1. The summed E-state index contributed by atoms with van der Waals surface area (Å²) >= 11 is 0. The lowest BCUT2D eigenvalue weighted by Gasteiger charge is -2.30. The number of nitrogens with zero attached hydrogens (tertiary/aromatic N) is 3. The summed E-state index contributed by atoms with van der Waals surface area (Å²) in [6, 6.07) is 4.88. The van der Waals surface area contributed by atoms with Gasteiger partial charge in [-0.25, -0.2) is 9.59 Å². The fourth-order valence-electron chi connectivity index (χ4n) is 4.08. The van der Waals surface area contributed by atoms with Crippen LogP contribution < -0.4 is 22.3 Å². The number of fused-ring (bicyclic) bond motifs is 1. The van der Waals surface area contributed by atoms with Gasteiger partial charge in [-0.05, 0) is 63.6 Å². The number of halogens is 1. The van der Waals surface area contributed by atoms with Crippen LogP contribution in [-0.2, 0) is 6.54 Å². The average molecular weight is 436 g/mol. The van der Waals surface area contributed by atoms with Crippen LogP contribution in [-0.4, -0.2) is 39.2 Å². The van der Waals surface area contributed by atoms with E-state index in [2.05, 4.69) is 5.32 Å². The first kappa shape index (κ1) is 22.4. The second-order valence-electron chi connectivity index (χ2n) is 8.62. The Morgan fingerprint density at radius 2 is 1.97 bits per heavy atom. The predicted molar refractivity (Wildman–Crippen MR) is 121 cm³/mol. The van der Waals surface area contributed by atoms with Gasteiger partial charge in [0.15, 0.2) is 0 Å². The highest BCUT2D eigenvalue weighted by Gasteiger charge is 2.25. The van der Waals surface area contributed by atoms with E-state index in [1.165, 1.54) is 4.57 Å². The smallest absolute Gasteiger partial charge is 0.326 e. The van der Waals surface area contributed by atoms with Gasteiger partial charge < -0.3 is 16.0 Å². The Hall–Kier alpha value is -2.32. The first-order valence-electron chi connectivity index (χ1n) is 10.5. The zero-order valence-electron chi connectivity index (χ0n) is 17.5. The van der Waals surface area contributed by atoms with Crippen molar-refractivity contribution in [1.82, 2.24) is 14.0 Å². The Balaban J connectivity index is 0.00000256. The fourth-order valence-corrected chi connectivity index (χ4v) is 4.08. The third kappa shape index (κ3) is 4.39. The number of aromatic nitrogens is 2. The molecular weight excluding hydrogens is 406 g/mol. The predicted octanol–water partition coefficient (Wildman–Crippen LogP) is 2.53. The second-order valence-corrected chi connectivity index (χ2v) is 8.62. The van der Waals surface area contributed by atoms with E-state index in [-0.39, 0.29) is 41.8 Å². The number of rotatable bonds is 4. The molecule has 1 aliphatic carbocycles. The van der Waals surface area contributed by atoms with Crippen LogP contribution in [0.3, 0.4) is 0 Å². The average Bonchev–Trinajstić information content (AvgIpc) is 3.49. The summed E-state index contributed by atoms with van der Waals surface area (Å²) in [7, 11) is 0. The number of nitrogens with one attached hydrogen (secondary N) is 1. The number of hydrogen-bond donors (Lipinski definition) is 2. The van der Waals surface area contributed by atoms with E-state index < -0.39 is 0 Å². The molecule has 1 unspecified atom stereocenters. The van der Waals surface area contributed by atoms with Crippen molar-refractivity contribution in [3.8, 4) is 0 Å². The van der Waals surface area contributed by atoms with E-state index in [1.54, 1.807) is 27.7 Å². The van der Waals surface area contributed by atoms with Crippen LogP contribution in [0.15, 0.2) is 27.8 Å². The number of hydrogen-bond acceptors (Lipinski definition) is 4. The number of likely N-dealkylation sites (tertiary alicyclic amines) is 1. The maximum atomic E-state index is 13.1. The monoisotopic (exact) mass is 435 g/mol. The lowest BCUT2D eigenvalue weighted by molar-refractivity contribution is 0.193. The van der Waals surface area contributed by atoms with E-state index in [0.717, 1.165) is 25.7 Å². The number of nitrogens with two attached hydrogens (primary N) is 1. The Bertz CT molecular complexity index is 1060. The topological polar surface area (TPSA) is 102 Å². The van der Waals surface area contributed by atoms with Crippen molar-refractivity contribution in [2.24, 2.45) is 11.7 Å². The molecule has 2 aliphatic rings. The molecule has 1 aliphatic heterocycles. The van der Waals surface area contributed by atoms with Crippen LogP contribution in [0.5, 0.6) is 0 Å². The van der Waals surface area contributed by atoms with E-state index in [9.17, 15) is 14.4 Å². The molecule has 1 aromatic carbocycles. The summed E-state index contributed by atoms with van der Waals surface area (Å²) in [5, 5.41) is 3.33. The molecule has 1 saturated carbocycles. The minimum atomic E-state index is -0.287. The molecule has 8 nitrogen and oxygen atoms in total. The number of amides is 2. The number of urea groups is 1. The summed E-state index contributed by atoms with van der Waals surface area (Å²) in [4.78, 5) is 40.3. The third-order valence-corrected chi connectivity index (χ3v) is 5.82. The second kappa shape index (κ2) is 8.81. The summed E-state index contributed by atoms with van der Waals surface area (Å²) in [6.07, 6.45) is 3.92. The summed E-state index contributed by atoms with van der Waals surface area (Å²) in [6.45, 7) is 5.53. The minimum absolute atomic E-state index is 0. The van der Waals surface area contributed by atoms with Crippen LogP contribution in [0.1, 0.15) is 45.6 Å². The van der Waals surface area contributed by atoms with Gasteiger partial charge >= 0.3 is 11.7 Å². The maximum Gasteiger partial charge on any atom is 0.331 e. The molecule has 2 amide bonds. The molecule has 1 aromatic heterocycles. The fraction of sp³-hybridized carbons (Fsp3) is 0.571. The van der Waals surface area contributed by atoms with Gasteiger partial charge in [0.05, 0.1) is 10.9 Å². The molecule has 1 atom stereocenters. The van der Waals surface area contributed by atoms with Crippen molar-refractivity contribution < 1.29 is 4.79 Å². The highest BCUT2D eigenvalue weighted by Crippen LogP contribution is 2.30. The van der Waals surface area contributed by atoms with Gasteiger partial charge in [0.1, 0.15) is 0 Å². The molecule has 30 heavy (non-hydrogen) atoms. The molecule has 1 saturated heterocycles. The number of benzene rings is 1. The van der Waals surface area contributed by atoms with Crippen LogP contribution >= 0.6 is 12.4 Å². The van der Waals surface area contributed by atoms with Crippen molar-refractivity contribution in [3.05, 3.63) is 39.0 Å². The zero-order valence-corrected chi connectivity index (χ0v) is 18.3. The molecule has 2 fully saturated rings. The van der Waals surface area contributed by atoms with Crippen molar-refractivity contribution in [1.29, 1.82) is 0 Å². The van der Waals surface area contributed by atoms with Crippen molar-refractivity contribution >= 4 is 35.0 Å². The van der Waals surface area contributed by atoms with Crippen molar-refractivity contribution in [2.75, 3.05) is 18.4 Å². The molecule has 4 rings (SSSR count). The van der Waals surface area contributed by atoms with Gasteiger partial charge in [-0.1, -0.05) is 0 Å². The Kier molecular flexibility index (Phi) is 6.57. The molecule has 3 N–H and O–H groups in total. The van der Waals surface area contributed by atoms with E-state index in [4.69, 9.17) is 5.73 Å². The van der Waals surface area contributed by atoms with Gasteiger partial charge in [0.25, 0.3) is 5.56 Å². The van der Waals surface area contributed by atoms with E-state index in [0.29, 0.717) is 42.1 Å². The third-order valence-electron chi connectivity index (χ3n) is 5.82. The summed E-state index contributed by atoms with van der Waals surface area (Å²) < 4.78 is 3.02. The largest absolute Gasteiger partial charge is 0.331 e. The molecular formula is C21H30ClN5O3. The lowest BCUT2D eigenvalue weighted by Crippen LogP contribution is -2.47. The molecule has 9 heteroatoms. The lowest BCUT2D eigenvalue weighted by atomic mass is 10.1. The minimum Gasteiger partial charge on any atom is -0.326 e. The number of carbonyl (C=O) groups excluding carboxylic acids is 1. The first-order chi connectivity index (χ1) is 13.8. The highest BCUT2D eigenvalue weighted by atomic mass is 35.5. The normalized spacial score (nSPS) is 19.1. The van der Waals surface area contributed by atoms with Crippen molar-refractivity contribution in [2.45, 2.75) is 58.2 Å². The van der Waals surface area contributed by atoms with Crippen LogP contribution in [0.25, 0.3) is 10.9 Å². The van der Waals surface area contributed by atoms with Crippen LogP contribution in [0.4, 0.5) is 10.5 Å². The Labute approximate surface area is 181 Å². The van der Waals surface area contributed by atoms with E-state index >= 15 is 0 Å². The van der Waals surface area contributed by atoms with Crippen LogP contribution in [0, 0.1) is 5.92 Å². The molecule has 0 radical (unpaired) electrons. The number of anilines is 1. The van der Waals surface area contributed by atoms with Crippen LogP contribution in [0.2, 0.25) is 0 Å².